The fraction of sp³-hybridized carbons (Fsp3) is 0.333. The second-order valence-corrected chi connectivity index (χ2v) is 5.66. The second kappa shape index (κ2) is 5.09. The van der Waals surface area contributed by atoms with E-state index in [1.807, 2.05) is 6.07 Å². The van der Waals surface area contributed by atoms with Crippen LogP contribution in [0.2, 0.25) is 0 Å². The van der Waals surface area contributed by atoms with Gasteiger partial charge in [0.25, 0.3) is 0 Å². The van der Waals surface area contributed by atoms with E-state index in [0.29, 0.717) is 0 Å². The molecule has 0 amide bonds. The summed E-state index contributed by atoms with van der Waals surface area (Å²) >= 11 is 3.50. The minimum atomic E-state index is 0.158. The molecular formula is C15H17BrO. The molecule has 0 saturated heterocycles. The third-order valence-corrected chi connectivity index (χ3v) is 4.23. The van der Waals surface area contributed by atoms with E-state index in [1.54, 1.807) is 0 Å². The first kappa shape index (κ1) is 12.4. The van der Waals surface area contributed by atoms with Gasteiger partial charge in [0.1, 0.15) is 5.75 Å². The van der Waals surface area contributed by atoms with E-state index in [1.165, 1.54) is 10.8 Å². The maximum Gasteiger partial charge on any atom is 0.119 e. The lowest BCUT2D eigenvalue weighted by atomic mass is 9.98. The number of ether oxygens (including phenoxy) is 1. The van der Waals surface area contributed by atoms with Gasteiger partial charge in [-0.25, -0.2) is 0 Å². The van der Waals surface area contributed by atoms with Crippen LogP contribution in [0.5, 0.6) is 5.75 Å². The Morgan fingerprint density at radius 3 is 2.47 bits per heavy atom. The highest BCUT2D eigenvalue weighted by atomic mass is 79.9. The first-order valence-corrected chi connectivity index (χ1v) is 6.90. The van der Waals surface area contributed by atoms with Crippen molar-refractivity contribution in [1.29, 1.82) is 0 Å². The van der Waals surface area contributed by atoms with Crippen LogP contribution in [0.25, 0.3) is 10.8 Å². The van der Waals surface area contributed by atoms with Crippen molar-refractivity contribution in [1.82, 2.24) is 0 Å². The summed E-state index contributed by atoms with van der Waals surface area (Å²) in [5.74, 6) is 0.942. The molecule has 0 heterocycles. The summed E-state index contributed by atoms with van der Waals surface area (Å²) in [6.45, 7) is 5.09. The van der Waals surface area contributed by atoms with Crippen molar-refractivity contribution in [2.75, 3.05) is 11.9 Å². The number of fused-ring (bicyclic) bond motifs is 1. The van der Waals surface area contributed by atoms with Crippen LogP contribution < -0.4 is 4.74 Å². The molecule has 90 valence electrons. The molecule has 17 heavy (non-hydrogen) atoms. The number of rotatable bonds is 4. The molecule has 0 aliphatic carbocycles. The molecule has 0 aliphatic heterocycles. The van der Waals surface area contributed by atoms with Gasteiger partial charge in [0.05, 0.1) is 6.61 Å². The second-order valence-electron chi connectivity index (χ2n) is 5.10. The van der Waals surface area contributed by atoms with Crippen LogP contribution in [0, 0.1) is 5.41 Å². The summed E-state index contributed by atoms with van der Waals surface area (Å²) in [6, 6.07) is 14.6. The van der Waals surface area contributed by atoms with E-state index in [-0.39, 0.29) is 5.41 Å². The molecule has 2 rings (SSSR count). The van der Waals surface area contributed by atoms with Crippen LogP contribution >= 0.6 is 15.9 Å². The van der Waals surface area contributed by atoms with Gasteiger partial charge in [-0.15, -0.1) is 0 Å². The van der Waals surface area contributed by atoms with Gasteiger partial charge in [0.15, 0.2) is 0 Å². The van der Waals surface area contributed by atoms with E-state index >= 15 is 0 Å². The number of alkyl halides is 1. The zero-order chi connectivity index (χ0) is 12.3. The Morgan fingerprint density at radius 1 is 1.06 bits per heavy atom. The summed E-state index contributed by atoms with van der Waals surface area (Å²) in [5.41, 5.74) is 0.158. The van der Waals surface area contributed by atoms with Gasteiger partial charge in [-0.05, 0) is 22.9 Å². The van der Waals surface area contributed by atoms with Gasteiger partial charge in [-0.1, -0.05) is 60.1 Å². The van der Waals surface area contributed by atoms with Crippen molar-refractivity contribution in [3.8, 4) is 5.75 Å². The Hall–Kier alpha value is -1.02. The van der Waals surface area contributed by atoms with Crippen molar-refractivity contribution < 1.29 is 4.74 Å². The predicted octanol–water partition coefficient (Wildman–Crippen LogP) is 4.64. The summed E-state index contributed by atoms with van der Waals surface area (Å²) in [4.78, 5) is 0. The molecule has 2 heteroatoms. The number of halogens is 1. The van der Waals surface area contributed by atoms with Crippen LogP contribution in [0.15, 0.2) is 42.5 Å². The van der Waals surface area contributed by atoms with Gasteiger partial charge in [0, 0.05) is 10.7 Å². The topological polar surface area (TPSA) is 9.23 Å². The smallest absolute Gasteiger partial charge is 0.119 e. The fourth-order valence-electron chi connectivity index (χ4n) is 1.57. The minimum Gasteiger partial charge on any atom is -0.493 e. The molecular weight excluding hydrogens is 276 g/mol. The Balaban J connectivity index is 2.14. The number of hydrogen-bond acceptors (Lipinski definition) is 1. The van der Waals surface area contributed by atoms with Crippen LogP contribution in [-0.4, -0.2) is 11.9 Å². The molecule has 0 unspecified atom stereocenters. The van der Waals surface area contributed by atoms with Gasteiger partial charge in [-0.2, -0.15) is 0 Å². The van der Waals surface area contributed by atoms with E-state index in [4.69, 9.17) is 4.74 Å². The van der Waals surface area contributed by atoms with Crippen molar-refractivity contribution in [3.05, 3.63) is 42.5 Å². The fourth-order valence-corrected chi connectivity index (χ4v) is 1.74. The lowest BCUT2D eigenvalue weighted by molar-refractivity contribution is 0.203. The average molecular weight is 293 g/mol. The SMILES string of the molecule is CC(C)(CBr)COc1ccc2ccccc2c1. The maximum atomic E-state index is 5.84. The maximum absolute atomic E-state index is 5.84. The average Bonchev–Trinajstić information content (AvgIpc) is 2.36. The molecule has 2 aromatic rings. The Labute approximate surface area is 111 Å². The van der Waals surface area contributed by atoms with E-state index in [2.05, 4.69) is 66.2 Å². The van der Waals surface area contributed by atoms with E-state index in [9.17, 15) is 0 Å². The minimum absolute atomic E-state index is 0.158. The molecule has 0 radical (unpaired) electrons. The molecule has 0 aromatic heterocycles. The van der Waals surface area contributed by atoms with Crippen LogP contribution in [0.4, 0.5) is 0 Å². The van der Waals surface area contributed by atoms with Gasteiger partial charge in [0.2, 0.25) is 0 Å². The first-order chi connectivity index (χ1) is 8.11. The first-order valence-electron chi connectivity index (χ1n) is 5.78. The number of benzene rings is 2. The molecule has 1 nitrogen and oxygen atoms in total. The Kier molecular flexibility index (Phi) is 3.72. The van der Waals surface area contributed by atoms with Gasteiger partial charge in [-0.3, -0.25) is 0 Å². The molecule has 0 N–H and O–H groups in total. The normalized spacial score (nSPS) is 11.7. The van der Waals surface area contributed by atoms with Crippen LogP contribution in [0.3, 0.4) is 0 Å². The highest BCUT2D eigenvalue weighted by Crippen LogP contribution is 2.24. The van der Waals surface area contributed by atoms with Crippen molar-refractivity contribution >= 4 is 26.7 Å². The van der Waals surface area contributed by atoms with Crippen molar-refractivity contribution in [2.24, 2.45) is 5.41 Å². The van der Waals surface area contributed by atoms with Gasteiger partial charge >= 0.3 is 0 Å². The lowest BCUT2D eigenvalue weighted by Gasteiger charge is -2.21. The molecule has 0 fully saturated rings. The highest BCUT2D eigenvalue weighted by molar-refractivity contribution is 9.09. The summed E-state index contributed by atoms with van der Waals surface area (Å²) in [5, 5.41) is 3.41. The monoisotopic (exact) mass is 292 g/mol. The zero-order valence-electron chi connectivity index (χ0n) is 10.2. The quantitative estimate of drug-likeness (QED) is 0.746. The third-order valence-electron chi connectivity index (χ3n) is 2.71. The Morgan fingerprint density at radius 2 is 1.76 bits per heavy atom. The summed E-state index contributed by atoms with van der Waals surface area (Å²) in [7, 11) is 0. The lowest BCUT2D eigenvalue weighted by Crippen LogP contribution is -2.22. The third kappa shape index (κ3) is 3.22. The molecule has 0 bridgehead atoms. The molecule has 0 atom stereocenters. The van der Waals surface area contributed by atoms with E-state index in [0.717, 1.165) is 17.7 Å². The predicted molar refractivity (Wildman–Crippen MR) is 77.0 cm³/mol. The largest absolute Gasteiger partial charge is 0.493 e. The van der Waals surface area contributed by atoms with Crippen LogP contribution in [-0.2, 0) is 0 Å². The summed E-state index contributed by atoms with van der Waals surface area (Å²) < 4.78 is 5.84. The molecule has 0 aliphatic rings. The standard InChI is InChI=1S/C15H17BrO/c1-15(2,10-16)11-17-14-8-7-12-5-3-4-6-13(12)9-14/h3-9H,10-11H2,1-2H3. The zero-order valence-corrected chi connectivity index (χ0v) is 11.8. The Bertz CT molecular complexity index is 505. The van der Waals surface area contributed by atoms with Crippen molar-refractivity contribution in [2.45, 2.75) is 13.8 Å². The van der Waals surface area contributed by atoms with Crippen molar-refractivity contribution in [3.63, 3.8) is 0 Å². The number of hydrogen-bond donors (Lipinski definition) is 0. The summed E-state index contributed by atoms with van der Waals surface area (Å²) in [6.07, 6.45) is 0. The molecule has 2 aromatic carbocycles. The molecule has 0 saturated carbocycles. The molecule has 0 spiro atoms. The van der Waals surface area contributed by atoms with E-state index < -0.39 is 0 Å². The van der Waals surface area contributed by atoms with Gasteiger partial charge < -0.3 is 4.74 Å². The van der Waals surface area contributed by atoms with Crippen LogP contribution in [0.1, 0.15) is 13.8 Å². The highest BCUT2D eigenvalue weighted by Gasteiger charge is 2.16.